The molecule has 0 saturated heterocycles. The molecule has 1 heterocycles. The Hall–Kier alpha value is -1.24. The zero-order valence-electron chi connectivity index (χ0n) is 12.4. The van der Waals surface area contributed by atoms with Crippen molar-refractivity contribution >= 4 is 15.9 Å². The van der Waals surface area contributed by atoms with Gasteiger partial charge in [0, 0.05) is 16.6 Å². The highest BCUT2D eigenvalue weighted by Gasteiger charge is 2.22. The number of halogens is 1. The second-order valence-electron chi connectivity index (χ2n) is 5.44. The van der Waals surface area contributed by atoms with Gasteiger partial charge >= 0.3 is 0 Å². The lowest BCUT2D eigenvalue weighted by molar-refractivity contribution is 0.175. The molecule has 114 valence electrons. The first-order valence-electron chi connectivity index (χ1n) is 6.98. The summed E-state index contributed by atoms with van der Waals surface area (Å²) in [6.07, 6.45) is -0.417. The molecule has 0 aliphatic carbocycles. The number of aliphatic hydroxyl groups excluding tert-OH is 1. The summed E-state index contributed by atoms with van der Waals surface area (Å²) >= 11 is 3.40. The predicted molar refractivity (Wildman–Crippen MR) is 84.7 cm³/mol. The van der Waals surface area contributed by atoms with Crippen molar-refractivity contribution in [1.82, 2.24) is 15.5 Å². The lowest BCUT2D eigenvalue weighted by Crippen LogP contribution is -2.31. The monoisotopic (exact) mass is 353 g/mol. The number of nitrogens with one attached hydrogen (secondary N) is 1. The van der Waals surface area contributed by atoms with Gasteiger partial charge in [-0.2, -0.15) is 4.98 Å². The van der Waals surface area contributed by atoms with Crippen molar-refractivity contribution in [1.29, 1.82) is 0 Å². The van der Waals surface area contributed by atoms with Crippen LogP contribution in [0.3, 0.4) is 0 Å². The van der Waals surface area contributed by atoms with Crippen LogP contribution >= 0.6 is 15.9 Å². The van der Waals surface area contributed by atoms with Crippen LogP contribution in [0.5, 0.6) is 0 Å². The van der Waals surface area contributed by atoms with E-state index in [9.17, 15) is 5.11 Å². The number of benzene rings is 1. The van der Waals surface area contributed by atoms with Crippen molar-refractivity contribution in [3.05, 3.63) is 34.6 Å². The van der Waals surface area contributed by atoms with Gasteiger partial charge in [-0.1, -0.05) is 34.9 Å². The molecular weight excluding hydrogens is 334 g/mol. The van der Waals surface area contributed by atoms with Crippen LogP contribution in [0.4, 0.5) is 0 Å². The topological polar surface area (TPSA) is 71.2 Å². The molecule has 2 rings (SSSR count). The van der Waals surface area contributed by atoms with Gasteiger partial charge in [-0.05, 0) is 37.1 Å². The van der Waals surface area contributed by atoms with Gasteiger partial charge in [-0.3, -0.25) is 0 Å². The molecule has 1 aromatic carbocycles. The molecule has 0 aliphatic heterocycles. The third-order valence-electron chi connectivity index (χ3n) is 3.11. The van der Waals surface area contributed by atoms with E-state index in [0.29, 0.717) is 18.3 Å². The second kappa shape index (κ2) is 7.15. The molecule has 2 aromatic rings. The number of hydrogen-bond donors (Lipinski definition) is 2. The first-order chi connectivity index (χ1) is 9.97. The van der Waals surface area contributed by atoms with Crippen molar-refractivity contribution in [3.8, 4) is 11.4 Å². The van der Waals surface area contributed by atoms with E-state index in [1.807, 2.05) is 24.3 Å². The smallest absolute Gasteiger partial charge is 0.244 e. The van der Waals surface area contributed by atoms with E-state index >= 15 is 0 Å². The van der Waals surface area contributed by atoms with E-state index in [2.05, 4.69) is 45.2 Å². The summed E-state index contributed by atoms with van der Waals surface area (Å²) in [6, 6.07) is 7.68. The highest BCUT2D eigenvalue weighted by molar-refractivity contribution is 9.10. The van der Waals surface area contributed by atoms with Crippen LogP contribution in [0.15, 0.2) is 33.3 Å². The lowest BCUT2D eigenvalue weighted by atomic mass is 10.0. The lowest BCUT2D eigenvalue weighted by Gasteiger charge is -2.19. The molecule has 5 nitrogen and oxygen atoms in total. The van der Waals surface area contributed by atoms with E-state index in [1.54, 1.807) is 6.92 Å². The number of nitrogens with zero attached hydrogens (tertiary/aromatic N) is 2. The van der Waals surface area contributed by atoms with Gasteiger partial charge in [0.15, 0.2) is 0 Å². The molecule has 1 aromatic heterocycles. The quantitative estimate of drug-likeness (QED) is 0.834. The largest absolute Gasteiger partial charge is 0.392 e. The summed E-state index contributed by atoms with van der Waals surface area (Å²) in [4.78, 5) is 4.47. The van der Waals surface area contributed by atoms with E-state index < -0.39 is 6.10 Å². The van der Waals surface area contributed by atoms with Gasteiger partial charge in [0.2, 0.25) is 11.7 Å². The minimum absolute atomic E-state index is 0.0729. The predicted octanol–water partition coefficient (Wildman–Crippen LogP) is 3.17. The molecule has 2 atom stereocenters. The standard InChI is InChI=1S/C15H20BrN3O2/c1-9(2)13(17-8-10(3)20)15-18-14(19-21-15)11-4-6-12(16)7-5-11/h4-7,9-10,13,17,20H,8H2,1-3H3. The molecule has 6 heteroatoms. The van der Waals surface area contributed by atoms with Crippen LogP contribution in [0.1, 0.15) is 32.7 Å². The van der Waals surface area contributed by atoms with Crippen LogP contribution < -0.4 is 5.32 Å². The van der Waals surface area contributed by atoms with Gasteiger partial charge < -0.3 is 14.9 Å². The Labute approximate surface area is 132 Å². The SMILES string of the molecule is CC(O)CNC(c1nc(-c2ccc(Br)cc2)no1)C(C)C. The maximum absolute atomic E-state index is 9.41. The van der Waals surface area contributed by atoms with Crippen molar-refractivity contribution in [2.24, 2.45) is 5.92 Å². The summed E-state index contributed by atoms with van der Waals surface area (Å²) in [7, 11) is 0. The molecule has 2 N–H and O–H groups in total. The maximum Gasteiger partial charge on any atom is 0.244 e. The third kappa shape index (κ3) is 4.36. The van der Waals surface area contributed by atoms with Crippen LogP contribution in [-0.2, 0) is 0 Å². The summed E-state index contributed by atoms with van der Waals surface area (Å²) in [5.74, 6) is 1.40. The number of aromatic nitrogens is 2. The van der Waals surface area contributed by atoms with Crippen LogP contribution in [0.25, 0.3) is 11.4 Å². The number of aliphatic hydroxyl groups is 1. The van der Waals surface area contributed by atoms with E-state index in [4.69, 9.17) is 4.52 Å². The van der Waals surface area contributed by atoms with Crippen LogP contribution in [-0.4, -0.2) is 27.9 Å². The molecule has 0 aliphatic rings. The summed E-state index contributed by atoms with van der Waals surface area (Å²) < 4.78 is 6.40. The fourth-order valence-corrected chi connectivity index (χ4v) is 2.25. The first kappa shape index (κ1) is 16.1. The molecular formula is C15H20BrN3O2. The van der Waals surface area contributed by atoms with Gasteiger partial charge in [0.25, 0.3) is 0 Å². The Morgan fingerprint density at radius 2 is 1.90 bits per heavy atom. The highest BCUT2D eigenvalue weighted by atomic mass is 79.9. The third-order valence-corrected chi connectivity index (χ3v) is 3.64. The molecule has 0 radical (unpaired) electrons. The number of hydrogen-bond acceptors (Lipinski definition) is 5. The van der Waals surface area contributed by atoms with Crippen LogP contribution in [0, 0.1) is 5.92 Å². The Morgan fingerprint density at radius 3 is 2.48 bits per heavy atom. The Bertz CT molecular complexity index is 567. The zero-order chi connectivity index (χ0) is 15.4. The van der Waals surface area contributed by atoms with Crippen LogP contribution in [0.2, 0.25) is 0 Å². The van der Waals surface area contributed by atoms with Crippen molar-refractivity contribution in [2.45, 2.75) is 32.9 Å². The molecule has 0 amide bonds. The zero-order valence-corrected chi connectivity index (χ0v) is 14.0. The van der Waals surface area contributed by atoms with Crippen molar-refractivity contribution < 1.29 is 9.63 Å². The minimum atomic E-state index is -0.417. The van der Waals surface area contributed by atoms with Crippen molar-refractivity contribution in [2.75, 3.05) is 6.54 Å². The van der Waals surface area contributed by atoms with Gasteiger partial charge in [-0.15, -0.1) is 0 Å². The summed E-state index contributed by atoms with van der Waals surface area (Å²) in [5.41, 5.74) is 0.909. The van der Waals surface area contributed by atoms with Gasteiger partial charge in [0.1, 0.15) is 0 Å². The first-order valence-corrected chi connectivity index (χ1v) is 7.77. The molecule has 0 bridgehead atoms. The maximum atomic E-state index is 9.41. The molecule has 0 fully saturated rings. The average Bonchev–Trinajstić information content (AvgIpc) is 2.88. The number of rotatable bonds is 6. The average molecular weight is 354 g/mol. The Morgan fingerprint density at radius 1 is 1.24 bits per heavy atom. The summed E-state index contributed by atoms with van der Waals surface area (Å²) in [5, 5.41) is 16.7. The van der Waals surface area contributed by atoms with E-state index in [0.717, 1.165) is 10.0 Å². The molecule has 0 saturated carbocycles. The molecule has 21 heavy (non-hydrogen) atoms. The van der Waals surface area contributed by atoms with Gasteiger partial charge in [-0.25, -0.2) is 0 Å². The fourth-order valence-electron chi connectivity index (χ4n) is 1.98. The van der Waals surface area contributed by atoms with Crippen molar-refractivity contribution in [3.63, 3.8) is 0 Å². The van der Waals surface area contributed by atoms with Gasteiger partial charge in [0.05, 0.1) is 12.1 Å². The highest BCUT2D eigenvalue weighted by Crippen LogP contribution is 2.24. The van der Waals surface area contributed by atoms with E-state index in [1.165, 1.54) is 0 Å². The summed E-state index contributed by atoms with van der Waals surface area (Å²) in [6.45, 7) is 6.37. The Balaban J connectivity index is 2.18. The fraction of sp³-hybridized carbons (Fsp3) is 0.467. The molecule has 2 unspecified atom stereocenters. The molecule has 0 spiro atoms. The Kier molecular flexibility index (Phi) is 5.50. The second-order valence-corrected chi connectivity index (χ2v) is 6.36. The van der Waals surface area contributed by atoms with E-state index in [-0.39, 0.29) is 12.0 Å². The normalized spacial score (nSPS) is 14.4. The minimum Gasteiger partial charge on any atom is -0.392 e.